The van der Waals surface area contributed by atoms with Gasteiger partial charge in [0.15, 0.2) is 19.8 Å². The molecule has 3 aromatic carbocycles. The van der Waals surface area contributed by atoms with Crippen molar-refractivity contribution in [1.29, 1.82) is 0 Å². The SMILES string of the molecule is CCOc1cc(CN2C(=O)c3ccccc3C2=O)c2c(c1)Oc1c(ccc(OCC)c1CO[Si](C)(C)C(C)(C)C)N2CC. The lowest BCUT2D eigenvalue weighted by atomic mass is 10.0. The summed E-state index contributed by atoms with van der Waals surface area (Å²) in [6, 6.07) is 14.7. The molecule has 0 N–H and O–H groups in total. The van der Waals surface area contributed by atoms with E-state index in [9.17, 15) is 9.59 Å². The zero-order valence-electron chi connectivity index (χ0n) is 26.5. The molecule has 9 heteroatoms. The fourth-order valence-corrected chi connectivity index (χ4v) is 6.26. The van der Waals surface area contributed by atoms with Crippen molar-refractivity contribution in [1.82, 2.24) is 4.90 Å². The zero-order chi connectivity index (χ0) is 31.1. The summed E-state index contributed by atoms with van der Waals surface area (Å²) in [5.41, 5.74) is 4.14. The maximum Gasteiger partial charge on any atom is 0.261 e. The number of benzene rings is 3. The number of carbonyl (C=O) groups is 2. The summed E-state index contributed by atoms with van der Waals surface area (Å²) in [5.74, 6) is 2.00. The monoisotopic (exact) mass is 602 g/mol. The van der Waals surface area contributed by atoms with Gasteiger partial charge in [0, 0.05) is 18.2 Å². The Morgan fingerprint density at radius 1 is 0.860 bits per heavy atom. The number of anilines is 2. The van der Waals surface area contributed by atoms with Gasteiger partial charge in [-0.2, -0.15) is 0 Å². The molecule has 0 radical (unpaired) electrons. The van der Waals surface area contributed by atoms with Crippen molar-refractivity contribution >= 4 is 31.5 Å². The maximum atomic E-state index is 13.3. The Morgan fingerprint density at radius 2 is 1.51 bits per heavy atom. The van der Waals surface area contributed by atoms with E-state index in [1.165, 1.54) is 4.90 Å². The quantitative estimate of drug-likeness (QED) is 0.172. The summed E-state index contributed by atoms with van der Waals surface area (Å²) >= 11 is 0. The molecule has 0 aliphatic carbocycles. The molecular formula is C34H42N2O6Si. The van der Waals surface area contributed by atoms with E-state index in [4.69, 9.17) is 18.6 Å². The van der Waals surface area contributed by atoms with Gasteiger partial charge >= 0.3 is 0 Å². The second-order valence-electron chi connectivity index (χ2n) is 12.3. The third-order valence-electron chi connectivity index (χ3n) is 8.61. The first kappa shape index (κ1) is 30.6. The Morgan fingerprint density at radius 3 is 2.09 bits per heavy atom. The van der Waals surface area contributed by atoms with Crippen molar-refractivity contribution in [2.75, 3.05) is 24.7 Å². The molecule has 2 amide bonds. The number of nitrogens with zero attached hydrogens (tertiary/aromatic N) is 2. The van der Waals surface area contributed by atoms with Crippen LogP contribution in [0.3, 0.4) is 0 Å². The van der Waals surface area contributed by atoms with E-state index in [1.54, 1.807) is 24.3 Å². The highest BCUT2D eigenvalue weighted by Gasteiger charge is 2.40. The smallest absolute Gasteiger partial charge is 0.261 e. The number of amides is 2. The molecule has 0 aromatic heterocycles. The number of ether oxygens (including phenoxy) is 3. The van der Waals surface area contributed by atoms with Crippen LogP contribution >= 0.6 is 0 Å². The highest BCUT2D eigenvalue weighted by molar-refractivity contribution is 6.74. The Kier molecular flexibility index (Phi) is 8.33. The first-order valence-electron chi connectivity index (χ1n) is 15.0. The Labute approximate surface area is 255 Å². The Hall–Kier alpha value is -3.82. The lowest BCUT2D eigenvalue weighted by Crippen LogP contribution is -2.40. The van der Waals surface area contributed by atoms with Crippen LogP contribution in [-0.4, -0.2) is 44.8 Å². The third kappa shape index (κ3) is 5.52. The summed E-state index contributed by atoms with van der Waals surface area (Å²) in [4.78, 5) is 30.1. The van der Waals surface area contributed by atoms with Gasteiger partial charge in [0.2, 0.25) is 0 Å². The summed E-state index contributed by atoms with van der Waals surface area (Å²) in [7, 11) is -2.08. The third-order valence-corrected chi connectivity index (χ3v) is 13.1. The van der Waals surface area contributed by atoms with Crippen LogP contribution < -0.4 is 19.1 Å². The number of fused-ring (bicyclic) bond motifs is 3. The highest BCUT2D eigenvalue weighted by atomic mass is 28.4. The van der Waals surface area contributed by atoms with Gasteiger partial charge in [-0.1, -0.05) is 32.9 Å². The van der Waals surface area contributed by atoms with Crippen LogP contribution in [0.15, 0.2) is 48.5 Å². The van der Waals surface area contributed by atoms with Gasteiger partial charge in [0.1, 0.15) is 11.5 Å². The Balaban J connectivity index is 1.59. The molecule has 2 aliphatic rings. The first-order chi connectivity index (χ1) is 20.4. The Bertz CT molecular complexity index is 1530. The van der Waals surface area contributed by atoms with Crippen LogP contribution in [0, 0.1) is 0 Å². The van der Waals surface area contributed by atoms with E-state index >= 15 is 0 Å². The second-order valence-corrected chi connectivity index (χ2v) is 17.1. The summed E-state index contributed by atoms with van der Waals surface area (Å²) in [6.45, 7) is 19.1. The number of hydrogen-bond donors (Lipinski definition) is 0. The minimum absolute atomic E-state index is 0.0436. The van der Waals surface area contributed by atoms with Gasteiger partial charge in [-0.15, -0.1) is 0 Å². The normalized spacial score (nSPS) is 14.3. The standard InChI is InChI=1S/C34H42N2O6Si/c1-9-35-27-16-17-28(40-11-3)26(21-41-43(7,8)34(4,5)6)31(27)42-29-19-23(39-10-2)18-22(30(29)35)20-36-32(37)24-14-12-13-15-25(24)33(36)38/h12-19H,9-11,20-21H2,1-8H3. The minimum atomic E-state index is -2.08. The van der Waals surface area contributed by atoms with Gasteiger partial charge in [-0.3, -0.25) is 14.5 Å². The largest absolute Gasteiger partial charge is 0.494 e. The van der Waals surface area contributed by atoms with Crippen LogP contribution in [0.2, 0.25) is 18.1 Å². The predicted octanol–water partition coefficient (Wildman–Crippen LogP) is 8.07. The predicted molar refractivity (Wildman–Crippen MR) is 171 cm³/mol. The van der Waals surface area contributed by atoms with Gasteiger partial charge in [-0.05, 0) is 69.2 Å². The van der Waals surface area contributed by atoms with Gasteiger partial charge in [0.25, 0.3) is 11.8 Å². The average Bonchev–Trinajstić information content (AvgIpc) is 3.20. The lowest BCUT2D eigenvalue weighted by molar-refractivity contribution is 0.0642. The molecule has 2 aliphatic heterocycles. The van der Waals surface area contributed by atoms with E-state index in [-0.39, 0.29) is 23.4 Å². The molecule has 2 heterocycles. The molecule has 8 nitrogen and oxygen atoms in total. The van der Waals surface area contributed by atoms with Crippen LogP contribution in [0.5, 0.6) is 23.0 Å². The molecule has 0 saturated carbocycles. The second kappa shape index (κ2) is 11.7. The first-order valence-corrected chi connectivity index (χ1v) is 18.0. The van der Waals surface area contributed by atoms with Crippen molar-refractivity contribution in [2.45, 2.75) is 72.8 Å². The number of carbonyl (C=O) groups excluding carboxylic acids is 2. The molecule has 0 unspecified atom stereocenters. The topological polar surface area (TPSA) is 77.5 Å². The molecule has 0 atom stereocenters. The molecule has 0 fully saturated rings. The number of rotatable bonds is 10. The van der Waals surface area contributed by atoms with Crippen LogP contribution in [0.1, 0.15) is 73.4 Å². The van der Waals surface area contributed by atoms with Gasteiger partial charge in [0.05, 0.1) is 54.4 Å². The highest BCUT2D eigenvalue weighted by Crippen LogP contribution is 2.53. The van der Waals surface area contributed by atoms with Crippen molar-refractivity contribution in [2.24, 2.45) is 0 Å². The van der Waals surface area contributed by atoms with E-state index in [2.05, 4.69) is 45.7 Å². The molecular weight excluding hydrogens is 560 g/mol. The van der Waals surface area contributed by atoms with E-state index < -0.39 is 8.32 Å². The zero-order valence-corrected chi connectivity index (χ0v) is 27.5. The summed E-state index contributed by atoms with van der Waals surface area (Å²) < 4.78 is 25.4. The summed E-state index contributed by atoms with van der Waals surface area (Å²) in [5, 5.41) is 0.0436. The fourth-order valence-electron chi connectivity index (χ4n) is 5.32. The minimum Gasteiger partial charge on any atom is -0.494 e. The average molecular weight is 603 g/mol. The maximum absolute atomic E-state index is 13.3. The van der Waals surface area contributed by atoms with E-state index in [1.807, 2.05) is 38.1 Å². The van der Waals surface area contributed by atoms with Gasteiger partial charge in [-0.25, -0.2) is 0 Å². The molecule has 228 valence electrons. The molecule has 3 aromatic rings. The lowest BCUT2D eigenvalue weighted by Gasteiger charge is -2.38. The molecule has 0 spiro atoms. The van der Waals surface area contributed by atoms with Crippen molar-refractivity contribution in [3.8, 4) is 23.0 Å². The molecule has 0 bridgehead atoms. The van der Waals surface area contributed by atoms with Crippen molar-refractivity contribution in [3.05, 3.63) is 70.8 Å². The summed E-state index contributed by atoms with van der Waals surface area (Å²) in [6.07, 6.45) is 0. The van der Waals surface area contributed by atoms with E-state index in [0.29, 0.717) is 54.7 Å². The van der Waals surface area contributed by atoms with Crippen molar-refractivity contribution in [3.63, 3.8) is 0 Å². The van der Waals surface area contributed by atoms with Crippen molar-refractivity contribution < 1.29 is 28.2 Å². The fraction of sp³-hybridized carbons (Fsp3) is 0.412. The molecule has 43 heavy (non-hydrogen) atoms. The molecule has 5 rings (SSSR count). The van der Waals surface area contributed by atoms with Gasteiger partial charge < -0.3 is 23.5 Å². The molecule has 0 saturated heterocycles. The number of imide groups is 1. The van der Waals surface area contributed by atoms with Crippen LogP contribution in [0.4, 0.5) is 11.4 Å². The van der Waals surface area contributed by atoms with E-state index in [0.717, 1.165) is 28.3 Å². The van der Waals surface area contributed by atoms with Crippen LogP contribution in [0.25, 0.3) is 0 Å². The number of hydrogen-bond acceptors (Lipinski definition) is 7. The van der Waals surface area contributed by atoms with Crippen LogP contribution in [-0.2, 0) is 17.6 Å².